The number of thiocarbonyl (C=S) groups is 1. The third kappa shape index (κ3) is 2.73. The molecule has 0 heterocycles. The van der Waals surface area contributed by atoms with Gasteiger partial charge < -0.3 is 11.1 Å². The quantitative estimate of drug-likeness (QED) is 0.697. The summed E-state index contributed by atoms with van der Waals surface area (Å²) in [4.78, 5) is 0.404. The lowest BCUT2D eigenvalue weighted by atomic mass is 10.1. The number of rotatable bonds is 3. The standard InChI is InChI=1S/C18H16N2S/c1-12-9-10-17(15(11-12)18(19)21)20-16-8-4-6-13-5-2-3-7-14(13)16/h2-11,20H,1H3,(H2,19,21). The summed E-state index contributed by atoms with van der Waals surface area (Å²) in [5.74, 6) is 0. The average molecular weight is 292 g/mol. The SMILES string of the molecule is Cc1ccc(Nc2cccc3ccccc23)c(C(N)=S)c1. The van der Waals surface area contributed by atoms with Crippen LogP contribution in [0.5, 0.6) is 0 Å². The van der Waals surface area contributed by atoms with Crippen molar-refractivity contribution in [2.45, 2.75) is 6.92 Å². The second-order valence-electron chi connectivity index (χ2n) is 5.06. The highest BCUT2D eigenvalue weighted by Gasteiger charge is 2.07. The predicted molar refractivity (Wildman–Crippen MR) is 94.3 cm³/mol. The van der Waals surface area contributed by atoms with E-state index in [4.69, 9.17) is 18.0 Å². The summed E-state index contributed by atoms with van der Waals surface area (Å²) < 4.78 is 0. The first-order valence-corrected chi connectivity index (χ1v) is 7.21. The number of nitrogens with one attached hydrogen (secondary N) is 1. The minimum absolute atomic E-state index is 0.404. The Morgan fingerprint density at radius 2 is 1.71 bits per heavy atom. The number of hydrogen-bond donors (Lipinski definition) is 2. The fourth-order valence-corrected chi connectivity index (χ4v) is 2.62. The largest absolute Gasteiger partial charge is 0.389 e. The molecule has 3 N–H and O–H groups in total. The average Bonchev–Trinajstić information content (AvgIpc) is 2.49. The molecule has 3 rings (SSSR count). The van der Waals surface area contributed by atoms with Gasteiger partial charge in [0.25, 0.3) is 0 Å². The van der Waals surface area contributed by atoms with Crippen LogP contribution in [-0.2, 0) is 0 Å². The molecule has 0 aliphatic carbocycles. The molecule has 0 aliphatic rings. The van der Waals surface area contributed by atoms with Gasteiger partial charge in [0.05, 0.1) is 0 Å². The monoisotopic (exact) mass is 292 g/mol. The number of aryl methyl sites for hydroxylation is 1. The van der Waals surface area contributed by atoms with E-state index in [1.165, 1.54) is 10.8 Å². The molecule has 0 saturated heterocycles. The summed E-state index contributed by atoms with van der Waals surface area (Å²) in [5.41, 5.74) is 9.84. The molecule has 0 aliphatic heterocycles. The van der Waals surface area contributed by atoms with Crippen molar-refractivity contribution in [2.24, 2.45) is 5.73 Å². The van der Waals surface area contributed by atoms with Crippen LogP contribution < -0.4 is 11.1 Å². The molecule has 3 heteroatoms. The molecule has 3 aromatic rings. The van der Waals surface area contributed by atoms with Gasteiger partial charge in [-0.25, -0.2) is 0 Å². The summed E-state index contributed by atoms with van der Waals surface area (Å²) in [5, 5.41) is 5.83. The smallest absolute Gasteiger partial charge is 0.106 e. The molecule has 2 nitrogen and oxygen atoms in total. The van der Waals surface area contributed by atoms with Crippen molar-refractivity contribution in [1.29, 1.82) is 0 Å². The van der Waals surface area contributed by atoms with Gasteiger partial charge in [-0.05, 0) is 30.5 Å². The molecule has 0 spiro atoms. The van der Waals surface area contributed by atoms with Gasteiger partial charge in [-0.15, -0.1) is 0 Å². The summed E-state index contributed by atoms with van der Waals surface area (Å²) in [6, 6.07) is 20.6. The Labute approximate surface area is 129 Å². The van der Waals surface area contributed by atoms with E-state index in [9.17, 15) is 0 Å². The summed E-state index contributed by atoms with van der Waals surface area (Å²) in [6.45, 7) is 2.03. The summed E-state index contributed by atoms with van der Waals surface area (Å²) in [6.07, 6.45) is 0. The van der Waals surface area contributed by atoms with Gasteiger partial charge in [0.2, 0.25) is 0 Å². The highest BCUT2D eigenvalue weighted by molar-refractivity contribution is 7.80. The van der Waals surface area contributed by atoms with Crippen molar-refractivity contribution < 1.29 is 0 Å². The third-order valence-corrected chi connectivity index (χ3v) is 3.72. The van der Waals surface area contributed by atoms with Crippen LogP contribution in [0.3, 0.4) is 0 Å². The van der Waals surface area contributed by atoms with Gasteiger partial charge in [-0.3, -0.25) is 0 Å². The van der Waals surface area contributed by atoms with E-state index in [0.29, 0.717) is 4.99 Å². The van der Waals surface area contributed by atoms with Gasteiger partial charge in [0.1, 0.15) is 4.99 Å². The Balaban J connectivity index is 2.09. The first-order valence-electron chi connectivity index (χ1n) is 6.80. The predicted octanol–water partition coefficient (Wildman–Crippen LogP) is 4.53. The van der Waals surface area contributed by atoms with Crippen LogP contribution in [0.15, 0.2) is 60.7 Å². The Morgan fingerprint density at radius 3 is 2.52 bits per heavy atom. The van der Waals surface area contributed by atoms with Crippen molar-refractivity contribution >= 4 is 39.4 Å². The van der Waals surface area contributed by atoms with Gasteiger partial charge in [0.15, 0.2) is 0 Å². The molecule has 0 radical (unpaired) electrons. The van der Waals surface area contributed by atoms with Gasteiger partial charge >= 0.3 is 0 Å². The molecule has 3 aromatic carbocycles. The Kier molecular flexibility index (Phi) is 3.59. The van der Waals surface area contributed by atoms with Gasteiger partial charge in [0, 0.05) is 22.3 Å². The zero-order valence-electron chi connectivity index (χ0n) is 11.8. The highest BCUT2D eigenvalue weighted by Crippen LogP contribution is 2.28. The van der Waals surface area contributed by atoms with Gasteiger partial charge in [-0.2, -0.15) is 0 Å². The lowest BCUT2D eigenvalue weighted by Crippen LogP contribution is -2.12. The maximum Gasteiger partial charge on any atom is 0.106 e. The minimum Gasteiger partial charge on any atom is -0.389 e. The maximum atomic E-state index is 5.84. The van der Waals surface area contributed by atoms with Crippen molar-refractivity contribution in [1.82, 2.24) is 0 Å². The zero-order chi connectivity index (χ0) is 14.8. The summed E-state index contributed by atoms with van der Waals surface area (Å²) >= 11 is 5.16. The van der Waals surface area contributed by atoms with Crippen LogP contribution in [-0.4, -0.2) is 4.99 Å². The molecule has 21 heavy (non-hydrogen) atoms. The number of fused-ring (bicyclic) bond motifs is 1. The van der Waals surface area contributed by atoms with E-state index in [2.05, 4.69) is 35.6 Å². The Bertz CT molecular complexity index is 819. The molecule has 0 fully saturated rings. The van der Waals surface area contributed by atoms with E-state index >= 15 is 0 Å². The van der Waals surface area contributed by atoms with Crippen molar-refractivity contribution in [3.63, 3.8) is 0 Å². The molecule has 0 aromatic heterocycles. The van der Waals surface area contributed by atoms with E-state index < -0.39 is 0 Å². The second-order valence-corrected chi connectivity index (χ2v) is 5.50. The highest BCUT2D eigenvalue weighted by atomic mass is 32.1. The number of benzene rings is 3. The Morgan fingerprint density at radius 1 is 0.952 bits per heavy atom. The van der Waals surface area contributed by atoms with E-state index in [1.807, 2.05) is 37.3 Å². The second kappa shape index (κ2) is 5.54. The first-order chi connectivity index (χ1) is 10.1. The normalized spacial score (nSPS) is 10.5. The minimum atomic E-state index is 0.404. The molecule has 0 amide bonds. The first kappa shape index (κ1) is 13.6. The maximum absolute atomic E-state index is 5.84. The van der Waals surface area contributed by atoms with E-state index in [1.54, 1.807) is 0 Å². The molecule has 0 unspecified atom stereocenters. The summed E-state index contributed by atoms with van der Waals surface area (Å²) in [7, 11) is 0. The van der Waals surface area contributed by atoms with Crippen LogP contribution in [0.1, 0.15) is 11.1 Å². The van der Waals surface area contributed by atoms with Crippen LogP contribution in [0.4, 0.5) is 11.4 Å². The molecule has 0 saturated carbocycles. The fraction of sp³-hybridized carbons (Fsp3) is 0.0556. The number of nitrogens with two attached hydrogens (primary N) is 1. The number of hydrogen-bond acceptors (Lipinski definition) is 2. The van der Waals surface area contributed by atoms with Crippen molar-refractivity contribution in [3.05, 3.63) is 71.8 Å². The molecular formula is C18H16N2S. The van der Waals surface area contributed by atoms with Gasteiger partial charge in [-0.1, -0.05) is 60.2 Å². The van der Waals surface area contributed by atoms with Crippen LogP contribution in [0.25, 0.3) is 10.8 Å². The van der Waals surface area contributed by atoms with E-state index in [-0.39, 0.29) is 0 Å². The molecule has 0 bridgehead atoms. The third-order valence-electron chi connectivity index (χ3n) is 3.50. The zero-order valence-corrected chi connectivity index (χ0v) is 12.6. The lowest BCUT2D eigenvalue weighted by Gasteiger charge is -2.14. The van der Waals surface area contributed by atoms with Crippen LogP contribution in [0, 0.1) is 6.92 Å². The number of anilines is 2. The lowest BCUT2D eigenvalue weighted by molar-refractivity contribution is 1.44. The fourth-order valence-electron chi connectivity index (χ4n) is 2.45. The topological polar surface area (TPSA) is 38.0 Å². The Hall–Kier alpha value is -2.39. The van der Waals surface area contributed by atoms with Crippen molar-refractivity contribution in [3.8, 4) is 0 Å². The van der Waals surface area contributed by atoms with Crippen LogP contribution in [0.2, 0.25) is 0 Å². The molecule has 0 atom stereocenters. The van der Waals surface area contributed by atoms with Crippen LogP contribution >= 0.6 is 12.2 Å². The molecular weight excluding hydrogens is 276 g/mol. The van der Waals surface area contributed by atoms with E-state index in [0.717, 1.165) is 22.5 Å². The van der Waals surface area contributed by atoms with Crippen molar-refractivity contribution in [2.75, 3.05) is 5.32 Å². The molecule has 104 valence electrons.